The molecule has 0 amide bonds. The number of methoxy groups -OCH3 is 1. The summed E-state index contributed by atoms with van der Waals surface area (Å²) in [6.45, 7) is 3.66. The lowest BCUT2D eigenvalue weighted by Crippen LogP contribution is -2.10. The van der Waals surface area contributed by atoms with Crippen molar-refractivity contribution in [2.45, 2.75) is 20.0 Å². The van der Waals surface area contributed by atoms with E-state index < -0.39 is 0 Å². The van der Waals surface area contributed by atoms with Crippen molar-refractivity contribution in [1.29, 1.82) is 0 Å². The van der Waals surface area contributed by atoms with Gasteiger partial charge in [0.1, 0.15) is 11.6 Å². The Balaban J connectivity index is 1.76. The lowest BCUT2D eigenvalue weighted by molar-refractivity contribution is 0.415. The summed E-state index contributed by atoms with van der Waals surface area (Å²) >= 11 is 0. The molecular weight excluding hydrogens is 290 g/mol. The highest BCUT2D eigenvalue weighted by atomic mass is 16.5. The second-order valence-corrected chi connectivity index (χ2v) is 5.24. The molecule has 0 aliphatic carbocycles. The number of benzene rings is 1. The van der Waals surface area contributed by atoms with Gasteiger partial charge < -0.3 is 19.2 Å². The molecule has 0 saturated carbocycles. The van der Waals surface area contributed by atoms with E-state index in [0.717, 1.165) is 35.3 Å². The molecule has 0 aliphatic heterocycles. The highest BCUT2D eigenvalue weighted by molar-refractivity contribution is 5.62. The van der Waals surface area contributed by atoms with Gasteiger partial charge >= 0.3 is 0 Å². The summed E-state index contributed by atoms with van der Waals surface area (Å²) in [5.74, 6) is 2.67. The zero-order chi connectivity index (χ0) is 16.2. The number of hydrogen-bond donors (Lipinski definition) is 1. The number of aromatic nitrogens is 4. The van der Waals surface area contributed by atoms with E-state index >= 15 is 0 Å². The maximum atomic E-state index is 5.20. The zero-order valence-electron chi connectivity index (χ0n) is 13.7. The molecule has 0 saturated heterocycles. The number of ether oxygens (including phenoxy) is 1. The van der Waals surface area contributed by atoms with Crippen LogP contribution in [0.1, 0.15) is 12.7 Å². The van der Waals surface area contributed by atoms with Crippen molar-refractivity contribution in [2.24, 2.45) is 7.05 Å². The molecule has 6 heteroatoms. The first kappa shape index (κ1) is 15.1. The number of nitrogens with zero attached hydrogens (tertiary/aromatic N) is 4. The van der Waals surface area contributed by atoms with Crippen LogP contribution in [0.5, 0.6) is 5.75 Å². The number of nitrogens with one attached hydrogen (secondary N) is 1. The molecule has 3 rings (SSSR count). The minimum absolute atomic E-state index is 0.647. The third-order valence-electron chi connectivity index (χ3n) is 3.92. The predicted octanol–water partition coefficient (Wildman–Crippen LogP) is 2.92. The standard InChI is InChI=1S/C17H21N5O/c1-4-22-10-9-18-16(22)12-20-17-19-11-15(21(17)2)13-5-7-14(23-3)8-6-13/h5-11H,4,12H2,1-3H3,(H,19,20). The van der Waals surface area contributed by atoms with Gasteiger partial charge in [-0.2, -0.15) is 0 Å². The molecular formula is C17H21N5O. The van der Waals surface area contributed by atoms with Gasteiger partial charge in [0.2, 0.25) is 5.95 Å². The number of imidazole rings is 2. The fraction of sp³-hybridized carbons (Fsp3) is 0.294. The predicted molar refractivity (Wildman–Crippen MR) is 90.4 cm³/mol. The van der Waals surface area contributed by atoms with E-state index in [1.165, 1.54) is 0 Å². The van der Waals surface area contributed by atoms with Crippen molar-refractivity contribution in [3.05, 3.63) is 48.7 Å². The number of hydrogen-bond acceptors (Lipinski definition) is 4. The van der Waals surface area contributed by atoms with E-state index in [1.807, 2.05) is 54.5 Å². The van der Waals surface area contributed by atoms with Crippen molar-refractivity contribution in [2.75, 3.05) is 12.4 Å². The van der Waals surface area contributed by atoms with E-state index in [0.29, 0.717) is 6.54 Å². The highest BCUT2D eigenvalue weighted by Gasteiger charge is 2.09. The fourth-order valence-electron chi connectivity index (χ4n) is 2.56. The quantitative estimate of drug-likeness (QED) is 0.760. The van der Waals surface area contributed by atoms with Crippen LogP contribution in [0.3, 0.4) is 0 Å². The molecule has 23 heavy (non-hydrogen) atoms. The van der Waals surface area contributed by atoms with Crippen LogP contribution in [0.2, 0.25) is 0 Å². The summed E-state index contributed by atoms with van der Waals surface area (Å²) in [7, 11) is 3.67. The lowest BCUT2D eigenvalue weighted by Gasteiger charge is -2.09. The Bertz CT molecular complexity index is 773. The molecule has 120 valence electrons. The van der Waals surface area contributed by atoms with Crippen LogP contribution in [-0.2, 0) is 20.1 Å². The summed E-state index contributed by atoms with van der Waals surface area (Å²) in [5, 5.41) is 3.35. The summed E-state index contributed by atoms with van der Waals surface area (Å²) in [6, 6.07) is 7.97. The Kier molecular flexibility index (Phi) is 4.32. The van der Waals surface area contributed by atoms with Gasteiger partial charge in [0.05, 0.1) is 25.5 Å². The van der Waals surface area contributed by atoms with Crippen LogP contribution >= 0.6 is 0 Å². The number of aryl methyl sites for hydroxylation is 1. The molecule has 1 aromatic carbocycles. The van der Waals surface area contributed by atoms with E-state index in [9.17, 15) is 0 Å². The van der Waals surface area contributed by atoms with Crippen molar-refractivity contribution in [3.8, 4) is 17.0 Å². The van der Waals surface area contributed by atoms with Crippen LogP contribution in [0.25, 0.3) is 11.3 Å². The van der Waals surface area contributed by atoms with Gasteiger partial charge in [-0.25, -0.2) is 9.97 Å². The largest absolute Gasteiger partial charge is 0.497 e. The minimum atomic E-state index is 0.647. The Morgan fingerprint density at radius 3 is 2.65 bits per heavy atom. The molecule has 6 nitrogen and oxygen atoms in total. The summed E-state index contributed by atoms with van der Waals surface area (Å²) in [4.78, 5) is 8.84. The Morgan fingerprint density at radius 2 is 1.96 bits per heavy atom. The number of rotatable bonds is 6. The molecule has 1 N–H and O–H groups in total. The molecule has 0 atom stereocenters. The first-order chi connectivity index (χ1) is 11.2. The average Bonchev–Trinajstić information content (AvgIpc) is 3.19. The fourth-order valence-corrected chi connectivity index (χ4v) is 2.56. The van der Waals surface area contributed by atoms with Gasteiger partial charge in [-0.1, -0.05) is 0 Å². The van der Waals surface area contributed by atoms with Gasteiger partial charge in [-0.3, -0.25) is 0 Å². The van der Waals surface area contributed by atoms with Crippen molar-refractivity contribution < 1.29 is 4.74 Å². The molecule has 0 radical (unpaired) electrons. The molecule has 2 aromatic heterocycles. The van der Waals surface area contributed by atoms with Gasteiger partial charge in [-0.15, -0.1) is 0 Å². The van der Waals surface area contributed by atoms with Crippen LogP contribution in [0.4, 0.5) is 5.95 Å². The molecule has 0 aliphatic rings. The second-order valence-electron chi connectivity index (χ2n) is 5.24. The third kappa shape index (κ3) is 3.06. The summed E-state index contributed by atoms with van der Waals surface area (Å²) in [6.07, 6.45) is 5.68. The minimum Gasteiger partial charge on any atom is -0.497 e. The van der Waals surface area contributed by atoms with Gasteiger partial charge in [0, 0.05) is 31.5 Å². The SMILES string of the molecule is CCn1ccnc1CNc1ncc(-c2ccc(OC)cc2)n1C. The molecule has 0 spiro atoms. The Labute approximate surface area is 135 Å². The molecule has 0 unspecified atom stereocenters. The van der Waals surface area contributed by atoms with E-state index in [-0.39, 0.29) is 0 Å². The van der Waals surface area contributed by atoms with E-state index in [2.05, 4.69) is 26.8 Å². The maximum absolute atomic E-state index is 5.20. The molecule has 0 bridgehead atoms. The smallest absolute Gasteiger partial charge is 0.203 e. The van der Waals surface area contributed by atoms with Gasteiger partial charge in [0.15, 0.2) is 0 Å². The first-order valence-corrected chi connectivity index (χ1v) is 7.63. The van der Waals surface area contributed by atoms with Crippen molar-refractivity contribution in [1.82, 2.24) is 19.1 Å². The second kappa shape index (κ2) is 6.56. The monoisotopic (exact) mass is 311 g/mol. The summed E-state index contributed by atoms with van der Waals surface area (Å²) < 4.78 is 9.35. The normalized spacial score (nSPS) is 10.7. The summed E-state index contributed by atoms with van der Waals surface area (Å²) in [5.41, 5.74) is 2.15. The third-order valence-corrected chi connectivity index (χ3v) is 3.92. The zero-order valence-corrected chi connectivity index (χ0v) is 13.7. The topological polar surface area (TPSA) is 56.9 Å². The molecule has 3 aromatic rings. The average molecular weight is 311 g/mol. The highest BCUT2D eigenvalue weighted by Crippen LogP contribution is 2.24. The Morgan fingerprint density at radius 1 is 1.17 bits per heavy atom. The molecule has 2 heterocycles. The van der Waals surface area contributed by atoms with Crippen LogP contribution in [-0.4, -0.2) is 26.2 Å². The molecule has 0 fully saturated rings. The van der Waals surface area contributed by atoms with Gasteiger partial charge in [0.25, 0.3) is 0 Å². The van der Waals surface area contributed by atoms with E-state index in [1.54, 1.807) is 7.11 Å². The van der Waals surface area contributed by atoms with Crippen LogP contribution in [0.15, 0.2) is 42.9 Å². The van der Waals surface area contributed by atoms with Crippen molar-refractivity contribution >= 4 is 5.95 Å². The van der Waals surface area contributed by atoms with Crippen LogP contribution < -0.4 is 10.1 Å². The van der Waals surface area contributed by atoms with Gasteiger partial charge in [-0.05, 0) is 31.2 Å². The van der Waals surface area contributed by atoms with Crippen LogP contribution in [0, 0.1) is 0 Å². The first-order valence-electron chi connectivity index (χ1n) is 7.63. The lowest BCUT2D eigenvalue weighted by atomic mass is 10.1. The van der Waals surface area contributed by atoms with Crippen molar-refractivity contribution in [3.63, 3.8) is 0 Å². The Hall–Kier alpha value is -2.76. The number of anilines is 1. The maximum Gasteiger partial charge on any atom is 0.203 e. The van der Waals surface area contributed by atoms with E-state index in [4.69, 9.17) is 4.74 Å².